The minimum absolute atomic E-state index is 0.140. The summed E-state index contributed by atoms with van der Waals surface area (Å²) in [6.07, 6.45) is 0.641. The van der Waals surface area contributed by atoms with Crippen molar-refractivity contribution in [1.29, 1.82) is 0 Å². The number of hydrogen-bond acceptors (Lipinski definition) is 4. The van der Waals surface area contributed by atoms with Gasteiger partial charge in [0.05, 0.1) is 0 Å². The highest BCUT2D eigenvalue weighted by molar-refractivity contribution is 6.67. The van der Waals surface area contributed by atoms with E-state index in [4.69, 9.17) is 39.5 Å². The number of halogens is 3. The number of hydrogen-bond donors (Lipinski definition) is 1. The van der Waals surface area contributed by atoms with E-state index >= 15 is 0 Å². The van der Waals surface area contributed by atoms with Gasteiger partial charge in [0.2, 0.25) is 3.79 Å². The third-order valence-electron chi connectivity index (χ3n) is 2.44. The molecule has 0 fully saturated rings. The SMILES string of the molecule is CCC(C(=O)O)N(C(=O)OCC(Cl)(Cl)Cl)c1ccccn1. The van der Waals surface area contributed by atoms with Crippen LogP contribution >= 0.6 is 34.8 Å². The number of anilines is 1. The minimum Gasteiger partial charge on any atom is -0.480 e. The zero-order chi connectivity index (χ0) is 16.0. The number of rotatable bonds is 5. The Hall–Kier alpha value is -1.24. The van der Waals surface area contributed by atoms with E-state index in [2.05, 4.69) is 4.98 Å². The van der Waals surface area contributed by atoms with Crippen molar-refractivity contribution in [2.45, 2.75) is 23.2 Å². The van der Waals surface area contributed by atoms with Crippen molar-refractivity contribution in [1.82, 2.24) is 4.98 Å². The lowest BCUT2D eigenvalue weighted by Crippen LogP contribution is -2.46. The normalized spacial score (nSPS) is 12.6. The van der Waals surface area contributed by atoms with Gasteiger partial charge in [-0.25, -0.2) is 19.5 Å². The number of alkyl halides is 3. The van der Waals surface area contributed by atoms with Crippen LogP contribution in [-0.4, -0.2) is 38.6 Å². The number of aromatic nitrogens is 1. The van der Waals surface area contributed by atoms with Crippen LogP contribution in [0.1, 0.15) is 13.3 Å². The summed E-state index contributed by atoms with van der Waals surface area (Å²) in [6.45, 7) is 1.12. The summed E-state index contributed by atoms with van der Waals surface area (Å²) in [5, 5.41) is 9.23. The van der Waals surface area contributed by atoms with E-state index in [1.165, 1.54) is 12.3 Å². The van der Waals surface area contributed by atoms with Crippen molar-refractivity contribution in [3.05, 3.63) is 24.4 Å². The Bertz CT molecular complexity index is 493. The lowest BCUT2D eigenvalue weighted by atomic mass is 10.2. The molecule has 1 unspecified atom stereocenters. The van der Waals surface area contributed by atoms with Crippen molar-refractivity contribution in [3.8, 4) is 0 Å². The molecular formula is C12H13Cl3N2O4. The van der Waals surface area contributed by atoms with E-state index in [0.717, 1.165) is 4.90 Å². The summed E-state index contributed by atoms with van der Waals surface area (Å²) in [7, 11) is 0. The molecule has 1 amide bonds. The molecule has 0 aliphatic carbocycles. The van der Waals surface area contributed by atoms with E-state index in [1.54, 1.807) is 19.1 Å². The average molecular weight is 356 g/mol. The maximum Gasteiger partial charge on any atom is 0.416 e. The summed E-state index contributed by atoms with van der Waals surface area (Å²) in [6, 6.07) is 3.60. The molecule has 21 heavy (non-hydrogen) atoms. The van der Waals surface area contributed by atoms with Gasteiger partial charge in [0.1, 0.15) is 18.5 Å². The van der Waals surface area contributed by atoms with Crippen LogP contribution in [0.5, 0.6) is 0 Å². The van der Waals surface area contributed by atoms with Gasteiger partial charge in [-0.15, -0.1) is 0 Å². The summed E-state index contributed by atoms with van der Waals surface area (Å²) >= 11 is 16.5. The predicted octanol–water partition coefficient (Wildman–Crippen LogP) is 3.26. The maximum atomic E-state index is 12.1. The third kappa shape index (κ3) is 5.57. The highest BCUT2D eigenvalue weighted by Crippen LogP contribution is 2.27. The minimum atomic E-state index is -1.78. The molecule has 0 spiro atoms. The molecule has 6 nitrogen and oxygen atoms in total. The van der Waals surface area contributed by atoms with Crippen LogP contribution in [-0.2, 0) is 9.53 Å². The van der Waals surface area contributed by atoms with Gasteiger partial charge in [-0.05, 0) is 18.6 Å². The lowest BCUT2D eigenvalue weighted by molar-refractivity contribution is -0.138. The van der Waals surface area contributed by atoms with E-state index in [0.29, 0.717) is 0 Å². The van der Waals surface area contributed by atoms with Crippen LogP contribution in [0, 0.1) is 0 Å². The first kappa shape index (κ1) is 17.8. The Balaban J connectivity index is 3.02. The molecule has 0 aromatic carbocycles. The van der Waals surface area contributed by atoms with Crippen molar-refractivity contribution in [2.75, 3.05) is 11.5 Å². The van der Waals surface area contributed by atoms with Gasteiger partial charge in [0, 0.05) is 6.20 Å². The standard InChI is InChI=1S/C12H13Cl3N2O4/c1-2-8(10(18)19)17(9-5-3-4-6-16-9)11(20)21-7-12(13,14)15/h3-6,8H,2,7H2,1H3,(H,18,19). The van der Waals surface area contributed by atoms with Gasteiger partial charge in [-0.2, -0.15) is 0 Å². The molecule has 116 valence electrons. The molecular weight excluding hydrogens is 343 g/mol. The number of carboxylic acids is 1. The highest BCUT2D eigenvalue weighted by Gasteiger charge is 2.33. The zero-order valence-corrected chi connectivity index (χ0v) is 13.3. The molecule has 1 N–H and O–H groups in total. The van der Waals surface area contributed by atoms with Crippen LogP contribution in [0.2, 0.25) is 0 Å². The fraction of sp³-hybridized carbons (Fsp3) is 0.417. The number of carboxylic acid groups (broad SMARTS) is 1. The fourth-order valence-corrected chi connectivity index (χ4v) is 1.72. The van der Waals surface area contributed by atoms with Crippen LogP contribution in [0.3, 0.4) is 0 Å². The van der Waals surface area contributed by atoms with Gasteiger partial charge in [-0.1, -0.05) is 47.8 Å². The quantitative estimate of drug-likeness (QED) is 0.820. The monoisotopic (exact) mass is 354 g/mol. The van der Waals surface area contributed by atoms with Crippen LogP contribution < -0.4 is 4.90 Å². The molecule has 0 aliphatic heterocycles. The molecule has 1 rings (SSSR count). The summed E-state index contributed by atoms with van der Waals surface area (Å²) < 4.78 is 3.06. The second-order valence-corrected chi connectivity index (χ2v) is 6.51. The molecule has 9 heteroatoms. The van der Waals surface area contributed by atoms with Gasteiger partial charge < -0.3 is 9.84 Å². The first-order chi connectivity index (χ1) is 9.76. The Labute approximate surface area is 136 Å². The third-order valence-corrected chi connectivity index (χ3v) is 2.76. The molecule has 1 atom stereocenters. The Morgan fingerprint density at radius 3 is 2.52 bits per heavy atom. The van der Waals surface area contributed by atoms with Crippen molar-refractivity contribution in [3.63, 3.8) is 0 Å². The molecule has 0 bridgehead atoms. The van der Waals surface area contributed by atoms with Crippen LogP contribution in [0.25, 0.3) is 0 Å². The molecule has 1 aromatic rings. The van der Waals surface area contributed by atoms with Gasteiger partial charge in [0.25, 0.3) is 0 Å². The topological polar surface area (TPSA) is 79.7 Å². The Kier molecular flexibility index (Phi) is 6.51. The first-order valence-electron chi connectivity index (χ1n) is 5.93. The fourth-order valence-electron chi connectivity index (χ4n) is 1.56. The molecule has 0 radical (unpaired) electrons. The number of nitrogens with zero attached hydrogens (tertiary/aromatic N) is 2. The molecule has 1 aromatic heterocycles. The number of carbonyl (C=O) groups excluding carboxylic acids is 1. The maximum absolute atomic E-state index is 12.1. The zero-order valence-electron chi connectivity index (χ0n) is 11.0. The van der Waals surface area contributed by atoms with Gasteiger partial charge in [0.15, 0.2) is 0 Å². The highest BCUT2D eigenvalue weighted by atomic mass is 35.6. The lowest BCUT2D eigenvalue weighted by Gasteiger charge is -2.27. The second-order valence-electron chi connectivity index (χ2n) is 3.99. The average Bonchev–Trinajstić information content (AvgIpc) is 2.41. The van der Waals surface area contributed by atoms with Crippen molar-refractivity contribution in [2.24, 2.45) is 0 Å². The molecule has 0 saturated carbocycles. The number of amides is 1. The van der Waals surface area contributed by atoms with Crippen molar-refractivity contribution < 1.29 is 19.4 Å². The second kappa shape index (κ2) is 7.68. The number of pyridine rings is 1. The summed E-state index contributed by atoms with van der Waals surface area (Å²) in [4.78, 5) is 28.3. The Morgan fingerprint density at radius 2 is 2.10 bits per heavy atom. The number of carbonyl (C=O) groups is 2. The number of aliphatic carboxylic acids is 1. The van der Waals surface area contributed by atoms with Crippen LogP contribution in [0.4, 0.5) is 10.6 Å². The van der Waals surface area contributed by atoms with E-state index in [1.807, 2.05) is 0 Å². The van der Waals surface area contributed by atoms with Gasteiger partial charge in [-0.3, -0.25) is 0 Å². The first-order valence-corrected chi connectivity index (χ1v) is 7.06. The molecule has 1 heterocycles. The summed E-state index contributed by atoms with van der Waals surface area (Å²) in [5.41, 5.74) is 0. The van der Waals surface area contributed by atoms with E-state index in [-0.39, 0.29) is 12.2 Å². The summed E-state index contributed by atoms with van der Waals surface area (Å²) in [5.74, 6) is -1.05. The van der Waals surface area contributed by atoms with E-state index in [9.17, 15) is 14.7 Å². The largest absolute Gasteiger partial charge is 0.480 e. The van der Waals surface area contributed by atoms with Crippen LogP contribution in [0.15, 0.2) is 24.4 Å². The van der Waals surface area contributed by atoms with Gasteiger partial charge >= 0.3 is 12.1 Å². The molecule has 0 aliphatic rings. The van der Waals surface area contributed by atoms with E-state index < -0.39 is 28.5 Å². The molecule has 0 saturated heterocycles. The predicted molar refractivity (Wildman–Crippen MR) is 80.1 cm³/mol. The smallest absolute Gasteiger partial charge is 0.416 e. The Morgan fingerprint density at radius 1 is 1.43 bits per heavy atom. The number of ether oxygens (including phenoxy) is 1. The van der Waals surface area contributed by atoms with Crippen molar-refractivity contribution >= 4 is 52.7 Å².